The second-order valence-electron chi connectivity index (χ2n) is 7.76. The number of nitrogens with one attached hydrogen (secondary N) is 2. The Morgan fingerprint density at radius 1 is 1.34 bits per heavy atom. The van der Waals surface area contributed by atoms with E-state index >= 15 is 0 Å². The van der Waals surface area contributed by atoms with Crippen LogP contribution in [0.5, 0.6) is 5.75 Å². The van der Waals surface area contributed by atoms with Crippen molar-refractivity contribution in [2.75, 3.05) is 29.6 Å². The molecule has 1 saturated heterocycles. The summed E-state index contributed by atoms with van der Waals surface area (Å²) >= 11 is 5.88. The lowest BCUT2D eigenvalue weighted by atomic mass is 10.1. The summed E-state index contributed by atoms with van der Waals surface area (Å²) < 4.78 is 30.8. The van der Waals surface area contributed by atoms with Gasteiger partial charge in [-0.15, -0.1) is 0 Å². The summed E-state index contributed by atoms with van der Waals surface area (Å²) in [4.78, 5) is 21.3. The number of fused-ring (bicyclic) bond motifs is 1. The zero-order chi connectivity index (χ0) is 24.9. The van der Waals surface area contributed by atoms with E-state index in [9.17, 15) is 18.5 Å². The van der Waals surface area contributed by atoms with Crippen LogP contribution in [-0.2, 0) is 14.6 Å². The quantitative estimate of drug-likeness (QED) is 0.301. The van der Waals surface area contributed by atoms with Crippen LogP contribution in [0.2, 0.25) is 5.02 Å². The molecule has 1 aliphatic heterocycles. The molecule has 186 valence electrons. The largest absolute Gasteiger partial charge is 0.489 e. The molecule has 1 aliphatic rings. The van der Waals surface area contributed by atoms with Crippen molar-refractivity contribution in [3.63, 3.8) is 0 Å². The van der Waals surface area contributed by atoms with Gasteiger partial charge in [0.15, 0.2) is 0 Å². The number of amides is 1. The molecule has 0 saturated carbocycles. The molecular formula is C22H22ClFN4O5S2. The standard InChI is InChI=1S/C22H22ClFN4O5S2/c23-16-5-12(1-2-17(16)24)27-22-15-7-19(28-21(31)6-14-3-4-35(32)34-14)20(33-10-13(30)9-29)8-18(15)25-11-26-22/h1-2,5,7-8,11,13-14,29-30H,3-4,6,9-10H2,(H,28,31)(H,25,26,27). The van der Waals surface area contributed by atoms with Gasteiger partial charge in [-0.25, -0.2) is 18.6 Å². The molecule has 13 heteroatoms. The number of aromatic nitrogens is 2. The molecule has 3 atom stereocenters. The van der Waals surface area contributed by atoms with Crippen LogP contribution in [0.3, 0.4) is 0 Å². The Labute approximate surface area is 211 Å². The fourth-order valence-corrected chi connectivity index (χ4v) is 6.99. The maximum Gasteiger partial charge on any atom is 0.225 e. The third kappa shape index (κ3) is 6.58. The normalized spacial score (nSPS) is 18.4. The number of carbonyl (C=O) groups excluding carboxylic acids is 1. The first-order chi connectivity index (χ1) is 16.8. The minimum Gasteiger partial charge on any atom is -0.489 e. The Morgan fingerprint density at radius 3 is 2.89 bits per heavy atom. The summed E-state index contributed by atoms with van der Waals surface area (Å²) in [5.74, 6) is 0.356. The number of halogens is 2. The van der Waals surface area contributed by atoms with Crippen LogP contribution in [0, 0.1) is 5.82 Å². The molecule has 2 heterocycles. The predicted molar refractivity (Wildman–Crippen MR) is 135 cm³/mol. The van der Waals surface area contributed by atoms with Gasteiger partial charge in [0.2, 0.25) is 5.91 Å². The number of hydrogen-bond donors (Lipinski definition) is 4. The Bertz CT molecular complexity index is 1270. The van der Waals surface area contributed by atoms with Gasteiger partial charge < -0.3 is 25.6 Å². The molecule has 4 rings (SSSR count). The maximum absolute atomic E-state index is 13.5. The molecule has 0 bridgehead atoms. The van der Waals surface area contributed by atoms with Gasteiger partial charge in [-0.2, -0.15) is 0 Å². The van der Waals surface area contributed by atoms with E-state index in [-0.39, 0.29) is 35.0 Å². The van der Waals surface area contributed by atoms with E-state index in [2.05, 4.69) is 20.6 Å². The van der Waals surface area contributed by atoms with E-state index in [4.69, 9.17) is 21.4 Å². The molecule has 0 spiro atoms. The molecule has 0 aliphatic carbocycles. The minimum atomic E-state index is -1.11. The Hall–Kier alpha value is -2.51. The van der Waals surface area contributed by atoms with Gasteiger partial charge >= 0.3 is 0 Å². The smallest absolute Gasteiger partial charge is 0.225 e. The summed E-state index contributed by atoms with van der Waals surface area (Å²) in [5, 5.41) is 25.1. The predicted octanol–water partition coefficient (Wildman–Crippen LogP) is 3.40. The second-order valence-corrected chi connectivity index (χ2v) is 11.7. The fraction of sp³-hybridized carbons (Fsp3) is 0.318. The zero-order valence-electron chi connectivity index (χ0n) is 18.2. The van der Waals surface area contributed by atoms with Gasteiger partial charge in [0.25, 0.3) is 0 Å². The van der Waals surface area contributed by atoms with Gasteiger partial charge in [-0.3, -0.25) is 4.79 Å². The van der Waals surface area contributed by atoms with Crippen molar-refractivity contribution in [3.8, 4) is 5.75 Å². The van der Waals surface area contributed by atoms with Crippen molar-refractivity contribution in [1.29, 1.82) is 0 Å². The van der Waals surface area contributed by atoms with E-state index in [0.717, 1.165) is 0 Å². The van der Waals surface area contributed by atoms with Crippen molar-refractivity contribution in [2.45, 2.75) is 24.2 Å². The van der Waals surface area contributed by atoms with Crippen LogP contribution in [0.25, 0.3) is 10.9 Å². The van der Waals surface area contributed by atoms with Crippen LogP contribution >= 0.6 is 22.4 Å². The average Bonchev–Trinajstić information content (AvgIpc) is 3.24. The minimum absolute atomic E-state index is 0.0411. The molecule has 9 nitrogen and oxygen atoms in total. The van der Waals surface area contributed by atoms with E-state index in [1.165, 1.54) is 35.3 Å². The number of hydrogen-bond acceptors (Lipinski definition) is 9. The first kappa shape index (κ1) is 25.6. The Morgan fingerprint density at radius 2 is 2.17 bits per heavy atom. The molecule has 0 radical (unpaired) electrons. The van der Waals surface area contributed by atoms with E-state index < -0.39 is 28.4 Å². The number of benzene rings is 2. The topological polar surface area (TPSA) is 134 Å². The number of anilines is 3. The second kappa shape index (κ2) is 11.5. The summed E-state index contributed by atoms with van der Waals surface area (Å²) in [6.45, 7) is -0.686. The number of ether oxygens (including phenoxy) is 1. The SMILES string of the molecule is O=C(CC1CCS(=O)S1)Nc1cc2c(Nc3ccc(F)c(Cl)c3)ncnc2cc1OCC(O)CO. The lowest BCUT2D eigenvalue weighted by molar-refractivity contribution is -0.116. The molecule has 1 fully saturated rings. The monoisotopic (exact) mass is 540 g/mol. The van der Waals surface area contributed by atoms with Gasteiger partial charge in [0, 0.05) is 34.6 Å². The molecule has 4 N–H and O–H groups in total. The fourth-order valence-electron chi connectivity index (χ4n) is 3.37. The Balaban J connectivity index is 1.65. The summed E-state index contributed by atoms with van der Waals surface area (Å²) in [7, 11) is 0.315. The van der Waals surface area contributed by atoms with Crippen molar-refractivity contribution in [1.82, 2.24) is 9.97 Å². The lowest BCUT2D eigenvalue weighted by Crippen LogP contribution is -2.22. The van der Waals surface area contributed by atoms with Crippen LogP contribution in [0.4, 0.5) is 21.6 Å². The van der Waals surface area contributed by atoms with Gasteiger partial charge in [0.05, 0.1) is 32.7 Å². The number of aliphatic hydroxyl groups excluding tert-OH is 2. The highest BCUT2D eigenvalue weighted by atomic mass is 35.5. The average molecular weight is 541 g/mol. The van der Waals surface area contributed by atoms with Gasteiger partial charge in [-0.05, 0) is 30.7 Å². The van der Waals surface area contributed by atoms with Gasteiger partial charge in [-0.1, -0.05) is 22.4 Å². The van der Waals surface area contributed by atoms with Crippen LogP contribution in [0.15, 0.2) is 36.7 Å². The highest BCUT2D eigenvalue weighted by Crippen LogP contribution is 2.35. The van der Waals surface area contributed by atoms with Crippen LogP contribution in [-0.4, -0.2) is 60.6 Å². The summed E-state index contributed by atoms with van der Waals surface area (Å²) in [5.41, 5.74) is 1.29. The molecule has 1 aromatic heterocycles. The molecule has 35 heavy (non-hydrogen) atoms. The highest BCUT2D eigenvalue weighted by molar-refractivity contribution is 8.69. The third-order valence-corrected chi connectivity index (χ3v) is 8.81. The molecule has 3 aromatic rings. The van der Waals surface area contributed by atoms with E-state index in [1.807, 2.05) is 0 Å². The van der Waals surface area contributed by atoms with Gasteiger partial charge in [0.1, 0.15) is 36.4 Å². The number of aliphatic hydroxyl groups is 2. The van der Waals surface area contributed by atoms with Crippen molar-refractivity contribution in [2.24, 2.45) is 0 Å². The van der Waals surface area contributed by atoms with Crippen molar-refractivity contribution >= 4 is 66.2 Å². The number of rotatable bonds is 9. The first-order valence-corrected chi connectivity index (χ1v) is 13.7. The van der Waals surface area contributed by atoms with E-state index in [0.29, 0.717) is 40.3 Å². The van der Waals surface area contributed by atoms with Crippen LogP contribution < -0.4 is 15.4 Å². The maximum atomic E-state index is 13.5. The van der Waals surface area contributed by atoms with Crippen molar-refractivity contribution < 1.29 is 28.3 Å². The number of carbonyl (C=O) groups is 1. The summed E-state index contributed by atoms with van der Waals surface area (Å²) in [6.07, 6.45) is 1.09. The molecule has 1 amide bonds. The Kier molecular flexibility index (Phi) is 8.39. The van der Waals surface area contributed by atoms with Crippen LogP contribution in [0.1, 0.15) is 12.8 Å². The third-order valence-electron chi connectivity index (χ3n) is 5.10. The lowest BCUT2D eigenvalue weighted by Gasteiger charge is -2.17. The number of nitrogens with zero attached hydrogens (tertiary/aromatic N) is 2. The highest BCUT2D eigenvalue weighted by Gasteiger charge is 2.25. The van der Waals surface area contributed by atoms with Crippen molar-refractivity contribution in [3.05, 3.63) is 47.5 Å². The molecule has 2 aromatic carbocycles. The zero-order valence-corrected chi connectivity index (χ0v) is 20.6. The molecule has 3 unspecified atom stereocenters. The molecular weight excluding hydrogens is 519 g/mol. The summed E-state index contributed by atoms with van der Waals surface area (Å²) in [6, 6.07) is 7.37. The van der Waals surface area contributed by atoms with E-state index in [1.54, 1.807) is 12.1 Å². The first-order valence-electron chi connectivity index (χ1n) is 10.6.